The smallest absolute Gasteiger partial charge is 0.326 e. The van der Waals surface area contributed by atoms with Gasteiger partial charge in [-0.1, -0.05) is 25.2 Å². The van der Waals surface area contributed by atoms with Gasteiger partial charge in [-0.05, 0) is 19.2 Å². The van der Waals surface area contributed by atoms with E-state index in [-0.39, 0.29) is 5.00 Å². The predicted molar refractivity (Wildman–Crippen MR) is 64.3 cm³/mol. The molecule has 0 aromatic carbocycles. The van der Waals surface area contributed by atoms with Crippen molar-refractivity contribution in [2.24, 2.45) is 0 Å². The van der Waals surface area contributed by atoms with Gasteiger partial charge in [0, 0.05) is 10.9 Å². The predicted octanol–water partition coefficient (Wildman–Crippen LogP) is 2.12. The Hall–Kier alpha value is -1.47. The first-order valence-electron chi connectivity index (χ1n) is 5.22. The molecule has 0 spiro atoms. The third-order valence-corrected chi connectivity index (χ3v) is 3.56. The third-order valence-electron chi connectivity index (χ3n) is 2.47. The summed E-state index contributed by atoms with van der Waals surface area (Å²) in [6.45, 7) is 4.89. The van der Waals surface area contributed by atoms with Crippen LogP contribution in [0.25, 0.3) is 0 Å². The molecule has 1 N–H and O–H groups in total. The summed E-state index contributed by atoms with van der Waals surface area (Å²) < 4.78 is 0. The molecule has 0 aliphatic heterocycles. The van der Waals surface area contributed by atoms with Gasteiger partial charge in [0.2, 0.25) is 0 Å². The molecule has 0 saturated carbocycles. The van der Waals surface area contributed by atoms with Crippen LogP contribution in [0.4, 0.5) is 5.00 Å². The maximum atomic E-state index is 11.2. The standard InChI is InChI=1S/C10H14N2O4S/c1-3-11(4-2)9(10(13)14)7-5-6-8(17-7)12(15)16/h5-6,9H,3-4H2,1-2H3,(H,13,14). The lowest BCUT2D eigenvalue weighted by Crippen LogP contribution is -2.33. The maximum Gasteiger partial charge on any atom is 0.326 e. The van der Waals surface area contributed by atoms with Crippen molar-refractivity contribution >= 4 is 22.3 Å². The second-order valence-electron chi connectivity index (χ2n) is 3.40. The van der Waals surface area contributed by atoms with E-state index in [1.54, 1.807) is 4.90 Å². The van der Waals surface area contributed by atoms with E-state index in [1.807, 2.05) is 13.8 Å². The fourth-order valence-corrected chi connectivity index (χ4v) is 2.58. The van der Waals surface area contributed by atoms with Crippen molar-refractivity contribution in [1.82, 2.24) is 4.90 Å². The normalized spacial score (nSPS) is 12.6. The summed E-state index contributed by atoms with van der Waals surface area (Å²) in [5, 5.41) is 19.7. The number of carboxylic acids is 1. The van der Waals surface area contributed by atoms with Crippen molar-refractivity contribution < 1.29 is 14.8 Å². The molecule has 1 aromatic rings. The number of nitro groups is 1. The van der Waals surface area contributed by atoms with Gasteiger partial charge in [-0.3, -0.25) is 19.8 Å². The summed E-state index contributed by atoms with van der Waals surface area (Å²) in [6, 6.07) is 2.06. The molecule has 0 radical (unpaired) electrons. The van der Waals surface area contributed by atoms with E-state index in [1.165, 1.54) is 12.1 Å². The van der Waals surface area contributed by atoms with E-state index in [9.17, 15) is 20.0 Å². The third kappa shape index (κ3) is 3.01. The number of carbonyl (C=O) groups is 1. The molecule has 0 aliphatic rings. The number of aliphatic carboxylic acids is 1. The number of nitrogens with zero attached hydrogens (tertiary/aromatic N) is 2. The molecule has 1 unspecified atom stereocenters. The maximum absolute atomic E-state index is 11.2. The Morgan fingerprint density at radius 1 is 1.53 bits per heavy atom. The van der Waals surface area contributed by atoms with Gasteiger partial charge in [0.25, 0.3) is 0 Å². The number of hydrogen-bond donors (Lipinski definition) is 1. The molecule has 0 saturated heterocycles. The van der Waals surface area contributed by atoms with Crippen LogP contribution in [0.15, 0.2) is 12.1 Å². The zero-order valence-corrected chi connectivity index (χ0v) is 10.4. The Bertz CT molecular complexity index is 414. The van der Waals surface area contributed by atoms with Crippen LogP contribution in [0, 0.1) is 10.1 Å². The van der Waals surface area contributed by atoms with Gasteiger partial charge >= 0.3 is 11.0 Å². The van der Waals surface area contributed by atoms with E-state index in [4.69, 9.17) is 0 Å². The minimum absolute atomic E-state index is 0.0293. The summed E-state index contributed by atoms with van der Waals surface area (Å²) in [4.78, 5) is 23.5. The first-order valence-corrected chi connectivity index (χ1v) is 6.03. The number of hydrogen-bond acceptors (Lipinski definition) is 5. The summed E-state index contributed by atoms with van der Waals surface area (Å²) in [7, 11) is 0. The van der Waals surface area contributed by atoms with Crippen LogP contribution in [0.1, 0.15) is 24.8 Å². The van der Waals surface area contributed by atoms with Gasteiger partial charge in [-0.25, -0.2) is 0 Å². The minimum Gasteiger partial charge on any atom is -0.480 e. The lowest BCUT2D eigenvalue weighted by molar-refractivity contribution is -0.380. The first kappa shape index (κ1) is 13.6. The number of carboxylic acid groups (broad SMARTS) is 1. The van der Waals surface area contributed by atoms with E-state index in [2.05, 4.69) is 0 Å². The SMILES string of the molecule is CCN(CC)C(C(=O)O)c1ccc([N+](=O)[O-])s1. The molecule has 1 atom stereocenters. The van der Waals surface area contributed by atoms with Crippen molar-refractivity contribution in [3.63, 3.8) is 0 Å². The number of rotatable bonds is 6. The largest absolute Gasteiger partial charge is 0.480 e. The molecule has 0 bridgehead atoms. The van der Waals surface area contributed by atoms with Crippen molar-refractivity contribution in [2.45, 2.75) is 19.9 Å². The van der Waals surface area contributed by atoms with E-state index in [0.29, 0.717) is 18.0 Å². The highest BCUT2D eigenvalue weighted by molar-refractivity contribution is 7.15. The first-order chi connectivity index (χ1) is 8.01. The molecule has 1 aromatic heterocycles. The lowest BCUT2D eigenvalue weighted by atomic mass is 10.2. The van der Waals surface area contributed by atoms with Crippen molar-refractivity contribution in [1.29, 1.82) is 0 Å². The topological polar surface area (TPSA) is 83.7 Å². The van der Waals surface area contributed by atoms with Crippen molar-refractivity contribution in [3.05, 3.63) is 27.1 Å². The molecule has 94 valence electrons. The lowest BCUT2D eigenvalue weighted by Gasteiger charge is -2.24. The van der Waals surface area contributed by atoms with Gasteiger partial charge < -0.3 is 5.11 Å². The second kappa shape index (κ2) is 5.74. The Labute approximate surface area is 103 Å². The fraction of sp³-hybridized carbons (Fsp3) is 0.500. The fourth-order valence-electron chi connectivity index (χ4n) is 1.63. The van der Waals surface area contributed by atoms with Gasteiger partial charge in [0.1, 0.15) is 6.04 Å². The summed E-state index contributed by atoms with van der Waals surface area (Å²) in [5.41, 5.74) is 0. The number of thiophene rings is 1. The minimum atomic E-state index is -0.981. The van der Waals surface area contributed by atoms with Crippen LogP contribution < -0.4 is 0 Å². The van der Waals surface area contributed by atoms with Crippen LogP contribution in [0.5, 0.6) is 0 Å². The van der Waals surface area contributed by atoms with Gasteiger partial charge in [-0.15, -0.1) is 0 Å². The molecule has 1 rings (SSSR count). The monoisotopic (exact) mass is 258 g/mol. The molecular formula is C10H14N2O4S. The van der Waals surface area contributed by atoms with Crippen molar-refractivity contribution in [3.8, 4) is 0 Å². The van der Waals surface area contributed by atoms with Gasteiger partial charge in [-0.2, -0.15) is 0 Å². The molecule has 0 aliphatic carbocycles. The Morgan fingerprint density at radius 2 is 2.12 bits per heavy atom. The van der Waals surface area contributed by atoms with E-state index in [0.717, 1.165) is 11.3 Å². The molecule has 17 heavy (non-hydrogen) atoms. The molecule has 0 fully saturated rings. The van der Waals surface area contributed by atoms with Crippen LogP contribution in [-0.2, 0) is 4.79 Å². The van der Waals surface area contributed by atoms with Gasteiger partial charge in [0.05, 0.1) is 4.92 Å². The highest BCUT2D eigenvalue weighted by atomic mass is 32.1. The highest BCUT2D eigenvalue weighted by Gasteiger charge is 2.28. The van der Waals surface area contributed by atoms with E-state index < -0.39 is 16.9 Å². The summed E-state index contributed by atoms with van der Waals surface area (Å²) >= 11 is 0.915. The van der Waals surface area contributed by atoms with Gasteiger partial charge in [0.15, 0.2) is 0 Å². The second-order valence-corrected chi connectivity index (χ2v) is 4.49. The molecule has 0 amide bonds. The average Bonchev–Trinajstić information content (AvgIpc) is 2.73. The Morgan fingerprint density at radius 3 is 2.47 bits per heavy atom. The molecule has 1 heterocycles. The zero-order chi connectivity index (χ0) is 13.0. The van der Waals surface area contributed by atoms with Crippen LogP contribution in [-0.4, -0.2) is 34.0 Å². The zero-order valence-electron chi connectivity index (χ0n) is 9.62. The highest BCUT2D eigenvalue weighted by Crippen LogP contribution is 2.32. The Kier molecular flexibility index (Phi) is 4.59. The van der Waals surface area contributed by atoms with Crippen LogP contribution in [0.2, 0.25) is 0 Å². The molecule has 6 nitrogen and oxygen atoms in total. The molecular weight excluding hydrogens is 244 g/mol. The molecule has 7 heteroatoms. The Balaban J connectivity index is 3.05. The summed E-state index contributed by atoms with van der Waals surface area (Å²) in [5.74, 6) is -0.981. The average molecular weight is 258 g/mol. The number of likely N-dealkylation sites (N-methyl/N-ethyl adjacent to an activating group) is 1. The summed E-state index contributed by atoms with van der Waals surface area (Å²) in [6.07, 6.45) is 0. The van der Waals surface area contributed by atoms with E-state index >= 15 is 0 Å². The van der Waals surface area contributed by atoms with Crippen LogP contribution in [0.3, 0.4) is 0 Å². The quantitative estimate of drug-likeness (QED) is 0.624. The van der Waals surface area contributed by atoms with Crippen LogP contribution >= 0.6 is 11.3 Å². The van der Waals surface area contributed by atoms with Crippen molar-refractivity contribution in [2.75, 3.05) is 13.1 Å².